The van der Waals surface area contributed by atoms with E-state index in [-0.39, 0.29) is 5.82 Å². The molecule has 16 heavy (non-hydrogen) atoms. The third-order valence-corrected chi connectivity index (χ3v) is 3.29. The van der Waals surface area contributed by atoms with Crippen LogP contribution in [0, 0.1) is 11.7 Å². The Morgan fingerprint density at radius 3 is 3.00 bits per heavy atom. The Morgan fingerprint density at radius 1 is 1.56 bits per heavy atom. The summed E-state index contributed by atoms with van der Waals surface area (Å²) in [5.74, 6) is 0.821. The molecule has 1 aromatic carbocycles. The summed E-state index contributed by atoms with van der Waals surface area (Å²) in [4.78, 5) is 0. The summed E-state index contributed by atoms with van der Waals surface area (Å²) in [6.07, 6.45) is 1.84. The highest BCUT2D eigenvalue weighted by molar-refractivity contribution is 6.32. The molecule has 1 fully saturated rings. The van der Waals surface area contributed by atoms with Gasteiger partial charge in [-0.05, 0) is 49.5 Å². The van der Waals surface area contributed by atoms with Crippen molar-refractivity contribution in [3.8, 4) is 5.75 Å². The van der Waals surface area contributed by atoms with E-state index >= 15 is 0 Å². The molecule has 1 aromatic rings. The second-order valence-electron chi connectivity index (χ2n) is 4.14. The van der Waals surface area contributed by atoms with Gasteiger partial charge in [-0.25, -0.2) is 4.39 Å². The Hall–Kier alpha value is -0.800. The number of hydrogen-bond acceptors (Lipinski definition) is 2. The molecule has 2 nitrogen and oxygen atoms in total. The third-order valence-electron chi connectivity index (χ3n) is 2.99. The molecular weight excluding hydrogens is 229 g/mol. The number of methoxy groups -OCH3 is 1. The van der Waals surface area contributed by atoms with Crippen molar-refractivity contribution in [2.45, 2.75) is 12.8 Å². The SMILES string of the molecule is COc1cc(CC2CCNC2)c(F)cc1Cl. The molecule has 1 heterocycles. The van der Waals surface area contributed by atoms with Crippen molar-refractivity contribution >= 4 is 11.6 Å². The summed E-state index contributed by atoms with van der Waals surface area (Å²) in [6.45, 7) is 1.99. The van der Waals surface area contributed by atoms with Crippen molar-refractivity contribution in [3.63, 3.8) is 0 Å². The molecule has 0 amide bonds. The zero-order chi connectivity index (χ0) is 11.5. The topological polar surface area (TPSA) is 21.3 Å². The van der Waals surface area contributed by atoms with Crippen LogP contribution < -0.4 is 10.1 Å². The minimum Gasteiger partial charge on any atom is -0.495 e. The van der Waals surface area contributed by atoms with E-state index < -0.39 is 0 Å². The maximum atomic E-state index is 13.7. The molecule has 0 radical (unpaired) electrons. The molecule has 1 atom stereocenters. The van der Waals surface area contributed by atoms with E-state index in [4.69, 9.17) is 16.3 Å². The highest BCUT2D eigenvalue weighted by Crippen LogP contribution is 2.29. The summed E-state index contributed by atoms with van der Waals surface area (Å²) < 4.78 is 18.8. The predicted octanol–water partition coefficient (Wildman–Crippen LogP) is 2.64. The van der Waals surface area contributed by atoms with Crippen LogP contribution in [0.25, 0.3) is 0 Å². The largest absolute Gasteiger partial charge is 0.495 e. The fourth-order valence-corrected chi connectivity index (χ4v) is 2.31. The second kappa shape index (κ2) is 5.02. The van der Waals surface area contributed by atoms with Crippen molar-refractivity contribution in [1.82, 2.24) is 5.32 Å². The maximum Gasteiger partial charge on any atom is 0.137 e. The van der Waals surface area contributed by atoms with Gasteiger partial charge in [0.05, 0.1) is 12.1 Å². The van der Waals surface area contributed by atoms with Gasteiger partial charge in [0.1, 0.15) is 11.6 Å². The summed E-state index contributed by atoms with van der Waals surface area (Å²) >= 11 is 5.84. The normalized spacial score (nSPS) is 20.1. The maximum absolute atomic E-state index is 13.7. The van der Waals surface area contributed by atoms with Gasteiger partial charge in [0.2, 0.25) is 0 Å². The Kier molecular flexibility index (Phi) is 3.66. The van der Waals surface area contributed by atoms with Crippen molar-refractivity contribution < 1.29 is 9.13 Å². The van der Waals surface area contributed by atoms with Crippen molar-refractivity contribution in [2.75, 3.05) is 20.2 Å². The van der Waals surface area contributed by atoms with Crippen LogP contribution in [0.2, 0.25) is 5.02 Å². The van der Waals surface area contributed by atoms with E-state index in [9.17, 15) is 4.39 Å². The average Bonchev–Trinajstić information content (AvgIpc) is 2.75. The molecule has 4 heteroatoms. The fraction of sp³-hybridized carbons (Fsp3) is 0.500. The van der Waals surface area contributed by atoms with Gasteiger partial charge in [-0.1, -0.05) is 11.6 Å². The lowest BCUT2D eigenvalue weighted by Crippen LogP contribution is -2.11. The first kappa shape index (κ1) is 11.7. The van der Waals surface area contributed by atoms with E-state index in [1.165, 1.54) is 6.07 Å². The molecule has 0 aromatic heterocycles. The van der Waals surface area contributed by atoms with Crippen molar-refractivity contribution in [3.05, 3.63) is 28.5 Å². The highest BCUT2D eigenvalue weighted by atomic mass is 35.5. The molecule has 0 aliphatic carbocycles. The molecule has 0 bridgehead atoms. The highest BCUT2D eigenvalue weighted by Gasteiger charge is 2.18. The van der Waals surface area contributed by atoms with Crippen LogP contribution in [0.15, 0.2) is 12.1 Å². The van der Waals surface area contributed by atoms with E-state index in [0.717, 1.165) is 25.9 Å². The average molecular weight is 244 g/mol. The van der Waals surface area contributed by atoms with Gasteiger partial charge >= 0.3 is 0 Å². The molecule has 0 spiro atoms. The zero-order valence-corrected chi connectivity index (χ0v) is 9.98. The minimum atomic E-state index is -0.238. The van der Waals surface area contributed by atoms with E-state index in [1.54, 1.807) is 13.2 Å². The number of hydrogen-bond donors (Lipinski definition) is 1. The first-order valence-corrected chi connectivity index (χ1v) is 5.81. The number of benzene rings is 1. The summed E-state index contributed by atoms with van der Waals surface area (Å²) in [6, 6.07) is 3.04. The first-order chi connectivity index (χ1) is 7.70. The summed E-state index contributed by atoms with van der Waals surface area (Å²) in [7, 11) is 1.54. The lowest BCUT2D eigenvalue weighted by atomic mass is 9.98. The summed E-state index contributed by atoms with van der Waals surface area (Å²) in [5.41, 5.74) is 0.690. The van der Waals surface area contributed by atoms with Gasteiger partial charge in [0.15, 0.2) is 0 Å². The first-order valence-electron chi connectivity index (χ1n) is 5.43. The number of ether oxygens (including phenoxy) is 1. The van der Waals surface area contributed by atoms with Crippen LogP contribution >= 0.6 is 11.6 Å². The molecule has 1 saturated heterocycles. The van der Waals surface area contributed by atoms with E-state index in [0.29, 0.717) is 22.3 Å². The predicted molar refractivity (Wildman–Crippen MR) is 62.6 cm³/mol. The fourth-order valence-electron chi connectivity index (χ4n) is 2.08. The van der Waals surface area contributed by atoms with Crippen LogP contribution in [-0.4, -0.2) is 20.2 Å². The van der Waals surface area contributed by atoms with Gasteiger partial charge in [0, 0.05) is 0 Å². The Labute approximate surface area is 99.7 Å². The third kappa shape index (κ3) is 2.47. The van der Waals surface area contributed by atoms with Crippen LogP contribution in [0.4, 0.5) is 4.39 Å². The molecule has 88 valence electrons. The van der Waals surface area contributed by atoms with Crippen LogP contribution in [0.1, 0.15) is 12.0 Å². The number of nitrogens with one attached hydrogen (secondary N) is 1. The van der Waals surface area contributed by atoms with Gasteiger partial charge in [-0.3, -0.25) is 0 Å². The molecule has 2 rings (SSSR count). The molecule has 1 N–H and O–H groups in total. The lowest BCUT2D eigenvalue weighted by Gasteiger charge is -2.11. The Balaban J connectivity index is 2.18. The number of halogens is 2. The number of rotatable bonds is 3. The zero-order valence-electron chi connectivity index (χ0n) is 9.22. The van der Waals surface area contributed by atoms with Gasteiger partial charge < -0.3 is 10.1 Å². The van der Waals surface area contributed by atoms with Crippen molar-refractivity contribution in [1.29, 1.82) is 0 Å². The molecule has 0 saturated carbocycles. The minimum absolute atomic E-state index is 0.238. The van der Waals surface area contributed by atoms with Crippen LogP contribution in [0.5, 0.6) is 5.75 Å². The molecule has 1 aliphatic heterocycles. The molecule has 1 unspecified atom stereocenters. The smallest absolute Gasteiger partial charge is 0.137 e. The monoisotopic (exact) mass is 243 g/mol. The Morgan fingerprint density at radius 2 is 2.38 bits per heavy atom. The molecule has 1 aliphatic rings. The lowest BCUT2D eigenvalue weighted by molar-refractivity contribution is 0.412. The van der Waals surface area contributed by atoms with E-state index in [2.05, 4.69) is 5.32 Å². The van der Waals surface area contributed by atoms with Gasteiger partial charge in [-0.15, -0.1) is 0 Å². The quantitative estimate of drug-likeness (QED) is 0.881. The standard InChI is InChI=1S/C12H15ClFNO/c1-16-12-5-9(11(14)6-10(12)13)4-8-2-3-15-7-8/h5-6,8,15H,2-4,7H2,1H3. The van der Waals surface area contributed by atoms with Gasteiger partial charge in [0.25, 0.3) is 0 Å². The van der Waals surface area contributed by atoms with Gasteiger partial charge in [-0.2, -0.15) is 0 Å². The Bertz CT molecular complexity index is 378. The molecular formula is C12H15ClFNO. The van der Waals surface area contributed by atoms with E-state index in [1.807, 2.05) is 0 Å². The van der Waals surface area contributed by atoms with Crippen LogP contribution in [0.3, 0.4) is 0 Å². The summed E-state index contributed by atoms with van der Waals surface area (Å²) in [5, 5.41) is 3.60. The second-order valence-corrected chi connectivity index (χ2v) is 4.55. The van der Waals surface area contributed by atoms with Crippen molar-refractivity contribution in [2.24, 2.45) is 5.92 Å². The van der Waals surface area contributed by atoms with Crippen LogP contribution in [-0.2, 0) is 6.42 Å².